The number of nitrogens with one attached hydrogen (secondary N) is 3. The standard InChI is InChI=1S/C22H16F3N5O4/c23-22(24,25)14-2-1-3-15(10-14)26-21(31)27-20-18-11-17(8-9-19(18)28-29-20)34-12-13-4-6-16(7-5-13)30(32)33/h1-11H,12H2,(H3,26,27,28,29,31). The number of rotatable bonds is 6. The average molecular weight is 471 g/mol. The van der Waals surface area contributed by atoms with E-state index in [1.807, 2.05) is 0 Å². The van der Waals surface area contributed by atoms with E-state index in [1.54, 1.807) is 30.3 Å². The van der Waals surface area contributed by atoms with Crippen LogP contribution in [-0.2, 0) is 12.8 Å². The molecule has 1 heterocycles. The molecular formula is C22H16F3N5O4. The Bertz CT molecular complexity index is 1350. The number of benzene rings is 3. The SMILES string of the molecule is O=C(Nc1cccc(C(F)(F)F)c1)Nc1n[nH]c2ccc(OCc3ccc([N+](=O)[O-])cc3)cc12. The molecule has 0 bridgehead atoms. The molecule has 3 N–H and O–H groups in total. The van der Waals surface area contributed by atoms with Crippen molar-refractivity contribution in [3.05, 3.63) is 88.0 Å². The molecule has 174 valence electrons. The summed E-state index contributed by atoms with van der Waals surface area (Å²) in [5.41, 5.74) is 0.376. The Labute approximate surface area is 189 Å². The largest absolute Gasteiger partial charge is 0.489 e. The van der Waals surface area contributed by atoms with Crippen molar-refractivity contribution in [2.24, 2.45) is 0 Å². The van der Waals surface area contributed by atoms with Gasteiger partial charge in [-0.1, -0.05) is 6.07 Å². The third-order valence-electron chi connectivity index (χ3n) is 4.77. The summed E-state index contributed by atoms with van der Waals surface area (Å²) in [5, 5.41) is 22.9. The van der Waals surface area contributed by atoms with Gasteiger partial charge in [0.2, 0.25) is 0 Å². The highest BCUT2D eigenvalue weighted by Crippen LogP contribution is 2.31. The maximum absolute atomic E-state index is 12.9. The van der Waals surface area contributed by atoms with E-state index in [0.717, 1.165) is 17.7 Å². The number of non-ortho nitro benzene ring substituents is 1. The third kappa shape index (κ3) is 5.23. The van der Waals surface area contributed by atoms with Crippen LogP contribution in [0.4, 0.5) is 35.2 Å². The lowest BCUT2D eigenvalue weighted by atomic mass is 10.2. The Morgan fingerprint density at radius 3 is 2.53 bits per heavy atom. The van der Waals surface area contributed by atoms with Gasteiger partial charge in [0.15, 0.2) is 5.82 Å². The van der Waals surface area contributed by atoms with Crippen molar-refractivity contribution >= 4 is 34.1 Å². The molecule has 9 nitrogen and oxygen atoms in total. The first kappa shape index (κ1) is 22.6. The molecule has 34 heavy (non-hydrogen) atoms. The molecule has 0 aliphatic heterocycles. The number of carbonyl (C=O) groups is 1. The van der Waals surface area contributed by atoms with Crippen molar-refractivity contribution in [1.29, 1.82) is 0 Å². The molecule has 0 saturated carbocycles. The van der Waals surface area contributed by atoms with Gasteiger partial charge < -0.3 is 10.1 Å². The van der Waals surface area contributed by atoms with Gasteiger partial charge in [-0.25, -0.2) is 4.79 Å². The molecule has 3 aromatic carbocycles. The van der Waals surface area contributed by atoms with Crippen LogP contribution in [0.25, 0.3) is 10.9 Å². The second-order valence-electron chi connectivity index (χ2n) is 7.15. The maximum Gasteiger partial charge on any atom is 0.416 e. The van der Waals surface area contributed by atoms with Crippen molar-refractivity contribution in [3.63, 3.8) is 0 Å². The second kappa shape index (κ2) is 9.10. The molecule has 0 aliphatic carbocycles. The van der Waals surface area contributed by atoms with E-state index >= 15 is 0 Å². The number of ether oxygens (including phenoxy) is 1. The number of hydrogen-bond acceptors (Lipinski definition) is 5. The number of halogens is 3. The van der Waals surface area contributed by atoms with Crippen molar-refractivity contribution in [2.75, 3.05) is 10.6 Å². The van der Waals surface area contributed by atoms with Gasteiger partial charge in [-0.15, -0.1) is 0 Å². The molecule has 0 saturated heterocycles. The fraction of sp³-hybridized carbons (Fsp3) is 0.0909. The smallest absolute Gasteiger partial charge is 0.416 e. The van der Waals surface area contributed by atoms with E-state index in [2.05, 4.69) is 20.8 Å². The predicted octanol–water partition coefficient (Wildman–Crippen LogP) is 5.71. The summed E-state index contributed by atoms with van der Waals surface area (Å²) in [6.45, 7) is 0.153. The first-order chi connectivity index (χ1) is 16.2. The van der Waals surface area contributed by atoms with Crippen LogP contribution in [0.5, 0.6) is 5.75 Å². The maximum atomic E-state index is 12.9. The lowest BCUT2D eigenvalue weighted by molar-refractivity contribution is -0.384. The number of hydrogen-bond donors (Lipinski definition) is 3. The van der Waals surface area contributed by atoms with Crippen LogP contribution >= 0.6 is 0 Å². The van der Waals surface area contributed by atoms with Gasteiger partial charge in [0.1, 0.15) is 12.4 Å². The number of carbonyl (C=O) groups excluding carboxylic acids is 1. The third-order valence-corrected chi connectivity index (χ3v) is 4.77. The van der Waals surface area contributed by atoms with Gasteiger partial charge in [-0.2, -0.15) is 18.3 Å². The van der Waals surface area contributed by atoms with Gasteiger partial charge in [-0.05, 0) is 54.1 Å². The van der Waals surface area contributed by atoms with E-state index in [-0.39, 0.29) is 23.8 Å². The zero-order valence-electron chi connectivity index (χ0n) is 17.2. The van der Waals surface area contributed by atoms with Crippen molar-refractivity contribution in [1.82, 2.24) is 10.2 Å². The van der Waals surface area contributed by atoms with Crippen molar-refractivity contribution < 1.29 is 27.6 Å². The van der Waals surface area contributed by atoms with E-state index in [4.69, 9.17) is 4.74 Å². The number of nitrogens with zero attached hydrogens (tertiary/aromatic N) is 2. The minimum Gasteiger partial charge on any atom is -0.489 e. The molecule has 0 fully saturated rings. The van der Waals surface area contributed by atoms with Gasteiger partial charge in [0, 0.05) is 23.2 Å². The van der Waals surface area contributed by atoms with E-state index in [1.165, 1.54) is 24.3 Å². The molecule has 12 heteroatoms. The topological polar surface area (TPSA) is 122 Å². The summed E-state index contributed by atoms with van der Waals surface area (Å²) in [7, 11) is 0. The second-order valence-corrected chi connectivity index (χ2v) is 7.15. The minimum absolute atomic E-state index is 0.0253. The normalized spacial score (nSPS) is 11.3. The van der Waals surface area contributed by atoms with Crippen LogP contribution in [0.15, 0.2) is 66.7 Å². The van der Waals surface area contributed by atoms with Gasteiger partial charge >= 0.3 is 12.2 Å². The lowest BCUT2D eigenvalue weighted by Gasteiger charge is -2.10. The Morgan fingerprint density at radius 2 is 1.82 bits per heavy atom. The first-order valence-electron chi connectivity index (χ1n) is 9.78. The monoisotopic (exact) mass is 471 g/mol. The Hall–Kier alpha value is -4.61. The number of anilines is 2. The van der Waals surface area contributed by atoms with Gasteiger partial charge in [-0.3, -0.25) is 20.5 Å². The number of amides is 2. The van der Waals surface area contributed by atoms with Crippen LogP contribution in [0, 0.1) is 10.1 Å². The highest BCUT2D eigenvalue weighted by Gasteiger charge is 2.30. The van der Waals surface area contributed by atoms with Gasteiger partial charge in [0.25, 0.3) is 5.69 Å². The van der Waals surface area contributed by atoms with Crippen LogP contribution in [-0.4, -0.2) is 21.2 Å². The van der Waals surface area contributed by atoms with Crippen LogP contribution in [0.1, 0.15) is 11.1 Å². The molecule has 0 radical (unpaired) electrons. The summed E-state index contributed by atoms with van der Waals surface area (Å²) < 4.78 is 44.3. The number of nitro benzene ring substituents is 1. The van der Waals surface area contributed by atoms with E-state index in [9.17, 15) is 28.1 Å². The molecule has 0 aliphatic rings. The van der Waals surface area contributed by atoms with Gasteiger partial charge in [0.05, 0.1) is 16.0 Å². The van der Waals surface area contributed by atoms with Crippen LogP contribution in [0.2, 0.25) is 0 Å². The number of urea groups is 1. The Kier molecular flexibility index (Phi) is 6.04. The number of nitro groups is 1. The van der Waals surface area contributed by atoms with E-state index < -0.39 is 22.7 Å². The van der Waals surface area contributed by atoms with Crippen LogP contribution in [0.3, 0.4) is 0 Å². The number of aromatic amines is 1. The van der Waals surface area contributed by atoms with E-state index in [0.29, 0.717) is 16.7 Å². The summed E-state index contributed by atoms with van der Waals surface area (Å²) in [6, 6.07) is 14.4. The lowest BCUT2D eigenvalue weighted by Crippen LogP contribution is -2.20. The Morgan fingerprint density at radius 1 is 1.06 bits per heavy atom. The summed E-state index contributed by atoms with van der Waals surface area (Å²) >= 11 is 0. The summed E-state index contributed by atoms with van der Waals surface area (Å²) in [4.78, 5) is 22.6. The minimum atomic E-state index is -4.53. The molecule has 0 spiro atoms. The molecule has 0 unspecified atom stereocenters. The highest BCUT2D eigenvalue weighted by atomic mass is 19.4. The molecule has 1 aromatic heterocycles. The summed E-state index contributed by atoms with van der Waals surface area (Å²) in [5.74, 6) is 0.605. The molecule has 4 rings (SSSR count). The zero-order chi connectivity index (χ0) is 24.3. The number of H-pyrrole nitrogens is 1. The fourth-order valence-electron chi connectivity index (χ4n) is 3.10. The van der Waals surface area contributed by atoms with Crippen LogP contribution < -0.4 is 15.4 Å². The molecule has 2 amide bonds. The highest BCUT2D eigenvalue weighted by molar-refractivity contribution is 6.04. The molecule has 0 atom stereocenters. The molecular weight excluding hydrogens is 455 g/mol. The first-order valence-corrected chi connectivity index (χ1v) is 9.78. The Balaban J connectivity index is 1.44. The fourth-order valence-corrected chi connectivity index (χ4v) is 3.10. The number of alkyl halides is 3. The summed E-state index contributed by atoms with van der Waals surface area (Å²) in [6.07, 6.45) is -4.53. The quantitative estimate of drug-likeness (QED) is 0.245. The number of fused-ring (bicyclic) bond motifs is 1. The van der Waals surface area contributed by atoms with Crippen molar-refractivity contribution in [3.8, 4) is 5.75 Å². The zero-order valence-corrected chi connectivity index (χ0v) is 17.2. The predicted molar refractivity (Wildman–Crippen MR) is 118 cm³/mol. The average Bonchev–Trinajstić information content (AvgIpc) is 3.19. The number of aromatic nitrogens is 2. The van der Waals surface area contributed by atoms with Crippen molar-refractivity contribution in [2.45, 2.75) is 12.8 Å². The molecule has 4 aromatic rings.